The van der Waals surface area contributed by atoms with E-state index < -0.39 is 10.5 Å². The molecule has 0 aromatic heterocycles. The number of nitrogens with one attached hydrogen (secondary N) is 1. The summed E-state index contributed by atoms with van der Waals surface area (Å²) in [7, 11) is 0. The summed E-state index contributed by atoms with van der Waals surface area (Å²) in [6.07, 6.45) is 0. The van der Waals surface area contributed by atoms with E-state index in [-0.39, 0.29) is 5.69 Å². The van der Waals surface area contributed by atoms with Crippen LogP contribution in [0.4, 0.5) is 5.69 Å². The fourth-order valence-electron chi connectivity index (χ4n) is 1.47. The van der Waals surface area contributed by atoms with Crippen molar-refractivity contribution >= 4 is 17.4 Å². The van der Waals surface area contributed by atoms with Crippen LogP contribution in [0.2, 0.25) is 0 Å². The number of para-hydroxylation sites is 1. The van der Waals surface area contributed by atoms with E-state index in [0.29, 0.717) is 17.2 Å². The minimum absolute atomic E-state index is 0.0827. The Morgan fingerprint density at radius 3 is 2.78 bits per heavy atom. The average molecular weight is 265 g/mol. The molecule has 1 N–H and O–H groups in total. The molecule has 6 heteroatoms. The van der Waals surface area contributed by atoms with E-state index in [1.165, 1.54) is 17.8 Å². The Hall–Kier alpha value is -1.58. The number of hydrogen-bond donors (Lipinski definition) is 1. The minimum Gasteiger partial charge on any atom is -0.299 e. The highest BCUT2D eigenvalue weighted by Crippen LogP contribution is 2.30. The van der Waals surface area contributed by atoms with Crippen molar-refractivity contribution in [2.24, 2.45) is 0 Å². The van der Waals surface area contributed by atoms with Crippen LogP contribution >= 0.6 is 11.8 Å². The van der Waals surface area contributed by atoms with Crippen LogP contribution in [0.5, 0.6) is 0 Å². The van der Waals surface area contributed by atoms with Crippen LogP contribution in [0.3, 0.4) is 0 Å². The number of rotatable bonds is 6. The van der Waals surface area contributed by atoms with Crippen molar-refractivity contribution in [1.82, 2.24) is 5.32 Å². The lowest BCUT2D eigenvalue weighted by Gasteiger charge is -2.21. The summed E-state index contributed by atoms with van der Waals surface area (Å²) >= 11 is 1.32. The lowest BCUT2D eigenvalue weighted by atomic mass is 10.1. The third kappa shape index (κ3) is 3.72. The van der Waals surface area contributed by atoms with Crippen LogP contribution in [-0.4, -0.2) is 22.8 Å². The molecule has 0 aliphatic carbocycles. The van der Waals surface area contributed by atoms with Crippen molar-refractivity contribution in [3.05, 3.63) is 34.4 Å². The summed E-state index contributed by atoms with van der Waals surface area (Å²) in [6.45, 7) is 4.39. The molecule has 1 unspecified atom stereocenters. The second-order valence-electron chi connectivity index (χ2n) is 3.99. The smallest absolute Gasteiger partial charge is 0.282 e. The standard InChI is InChI=1S/C12H15N3O2S/c1-3-14-12(2,8-13)9-18-11-7-5-4-6-10(11)15(16)17/h4-7,14H,3,9H2,1-2H3. The van der Waals surface area contributed by atoms with Gasteiger partial charge in [-0.3, -0.25) is 15.4 Å². The number of thioether (sulfide) groups is 1. The summed E-state index contributed by atoms with van der Waals surface area (Å²) in [5.41, 5.74) is -0.595. The van der Waals surface area contributed by atoms with Crippen LogP contribution in [0, 0.1) is 21.4 Å². The van der Waals surface area contributed by atoms with Gasteiger partial charge < -0.3 is 0 Å². The van der Waals surface area contributed by atoms with Gasteiger partial charge in [-0.2, -0.15) is 5.26 Å². The number of nitro benzene ring substituents is 1. The maximum Gasteiger partial charge on any atom is 0.282 e. The van der Waals surface area contributed by atoms with Gasteiger partial charge in [0.15, 0.2) is 0 Å². The van der Waals surface area contributed by atoms with E-state index in [1.54, 1.807) is 25.1 Å². The lowest BCUT2D eigenvalue weighted by molar-refractivity contribution is -0.387. The van der Waals surface area contributed by atoms with E-state index in [1.807, 2.05) is 6.92 Å². The minimum atomic E-state index is -0.677. The van der Waals surface area contributed by atoms with Gasteiger partial charge in [-0.1, -0.05) is 19.1 Å². The Bertz CT molecular complexity index is 473. The number of hydrogen-bond acceptors (Lipinski definition) is 5. The van der Waals surface area contributed by atoms with Crippen molar-refractivity contribution in [2.45, 2.75) is 24.3 Å². The van der Waals surface area contributed by atoms with Gasteiger partial charge in [0.05, 0.1) is 15.9 Å². The van der Waals surface area contributed by atoms with Crippen LogP contribution in [0.15, 0.2) is 29.2 Å². The Morgan fingerprint density at radius 2 is 2.22 bits per heavy atom. The molecule has 0 aliphatic heterocycles. The normalized spacial score (nSPS) is 13.6. The number of nitriles is 1. The molecule has 0 aliphatic rings. The van der Waals surface area contributed by atoms with Crippen molar-refractivity contribution in [1.29, 1.82) is 5.26 Å². The molecular formula is C12H15N3O2S. The van der Waals surface area contributed by atoms with Crippen molar-refractivity contribution in [3.63, 3.8) is 0 Å². The Balaban J connectivity index is 2.81. The molecule has 0 spiro atoms. The van der Waals surface area contributed by atoms with E-state index in [0.717, 1.165) is 0 Å². The van der Waals surface area contributed by atoms with Crippen molar-refractivity contribution < 1.29 is 4.92 Å². The SMILES string of the molecule is CCNC(C)(C#N)CSc1ccccc1[N+](=O)[O-]. The summed E-state index contributed by atoms with van der Waals surface area (Å²) in [4.78, 5) is 11.0. The predicted octanol–water partition coefficient (Wildman–Crippen LogP) is 2.58. The molecule has 1 aromatic rings. The first kappa shape index (κ1) is 14.5. The van der Waals surface area contributed by atoms with Gasteiger partial charge in [-0.05, 0) is 19.5 Å². The summed E-state index contributed by atoms with van der Waals surface area (Å²) in [5.74, 6) is 0.461. The Labute approximate surface area is 110 Å². The zero-order valence-corrected chi connectivity index (χ0v) is 11.2. The van der Waals surface area contributed by atoms with Crippen LogP contribution in [-0.2, 0) is 0 Å². The first-order valence-corrected chi connectivity index (χ1v) is 6.53. The maximum absolute atomic E-state index is 10.9. The first-order chi connectivity index (χ1) is 8.52. The molecule has 5 nitrogen and oxygen atoms in total. The largest absolute Gasteiger partial charge is 0.299 e. The van der Waals surface area contributed by atoms with Crippen LogP contribution < -0.4 is 5.32 Å². The highest BCUT2D eigenvalue weighted by atomic mass is 32.2. The number of benzene rings is 1. The summed E-state index contributed by atoms with van der Waals surface area (Å²) < 4.78 is 0. The molecule has 18 heavy (non-hydrogen) atoms. The second-order valence-corrected chi connectivity index (χ2v) is 5.00. The fourth-order valence-corrected chi connectivity index (χ4v) is 2.54. The summed E-state index contributed by atoms with van der Waals surface area (Å²) in [5, 5.41) is 23.0. The third-order valence-electron chi connectivity index (χ3n) is 2.39. The predicted molar refractivity (Wildman–Crippen MR) is 71.5 cm³/mol. The molecule has 1 atom stereocenters. The number of nitrogens with zero attached hydrogens (tertiary/aromatic N) is 2. The Morgan fingerprint density at radius 1 is 1.56 bits per heavy atom. The molecule has 0 amide bonds. The van der Waals surface area contributed by atoms with Gasteiger partial charge in [-0.25, -0.2) is 0 Å². The van der Waals surface area contributed by atoms with Gasteiger partial charge in [0.1, 0.15) is 5.54 Å². The lowest BCUT2D eigenvalue weighted by Crippen LogP contribution is -2.43. The molecule has 1 rings (SSSR count). The zero-order valence-electron chi connectivity index (χ0n) is 10.3. The van der Waals surface area contributed by atoms with Gasteiger partial charge in [0, 0.05) is 11.8 Å². The topological polar surface area (TPSA) is 79.0 Å². The van der Waals surface area contributed by atoms with Gasteiger partial charge >= 0.3 is 0 Å². The quantitative estimate of drug-likeness (QED) is 0.486. The average Bonchev–Trinajstić information content (AvgIpc) is 2.37. The van der Waals surface area contributed by atoms with E-state index in [4.69, 9.17) is 5.26 Å². The van der Waals surface area contributed by atoms with Crippen molar-refractivity contribution in [2.75, 3.05) is 12.3 Å². The highest BCUT2D eigenvalue weighted by molar-refractivity contribution is 7.99. The van der Waals surface area contributed by atoms with Gasteiger partial charge in [-0.15, -0.1) is 11.8 Å². The summed E-state index contributed by atoms with van der Waals surface area (Å²) in [6, 6.07) is 8.76. The van der Waals surface area contributed by atoms with E-state index >= 15 is 0 Å². The Kier molecular flexibility index (Phi) is 5.13. The van der Waals surface area contributed by atoms with E-state index in [9.17, 15) is 10.1 Å². The van der Waals surface area contributed by atoms with Gasteiger partial charge in [0.2, 0.25) is 0 Å². The molecule has 1 aromatic carbocycles. The number of nitro groups is 1. The molecule has 96 valence electrons. The van der Waals surface area contributed by atoms with Gasteiger partial charge in [0.25, 0.3) is 5.69 Å². The second kappa shape index (κ2) is 6.38. The van der Waals surface area contributed by atoms with Crippen LogP contribution in [0.1, 0.15) is 13.8 Å². The third-order valence-corrected chi connectivity index (χ3v) is 3.77. The molecule has 0 saturated carbocycles. The van der Waals surface area contributed by atoms with Crippen LogP contribution in [0.25, 0.3) is 0 Å². The molecule has 0 bridgehead atoms. The first-order valence-electron chi connectivity index (χ1n) is 5.55. The zero-order chi connectivity index (χ0) is 13.6. The molecule has 0 fully saturated rings. The van der Waals surface area contributed by atoms with E-state index in [2.05, 4.69) is 11.4 Å². The molecule has 0 saturated heterocycles. The fraction of sp³-hybridized carbons (Fsp3) is 0.417. The highest BCUT2D eigenvalue weighted by Gasteiger charge is 2.24. The van der Waals surface area contributed by atoms with Crippen molar-refractivity contribution in [3.8, 4) is 6.07 Å². The maximum atomic E-state index is 10.9. The molecular weight excluding hydrogens is 250 g/mol. The molecule has 0 heterocycles. The molecule has 0 radical (unpaired) electrons. The monoisotopic (exact) mass is 265 g/mol.